The number of amides is 1. The Balaban J connectivity index is 2.21. The van der Waals surface area contributed by atoms with Gasteiger partial charge in [-0.1, -0.05) is 6.58 Å². The summed E-state index contributed by atoms with van der Waals surface area (Å²) < 4.78 is 10.2. The molecule has 1 amide bonds. The van der Waals surface area contributed by atoms with E-state index in [0.717, 1.165) is 18.4 Å². The lowest BCUT2D eigenvalue weighted by molar-refractivity contribution is -0.150. The molecular formula is C14H21NO4. The Morgan fingerprint density at radius 2 is 1.89 bits per heavy atom. The molecule has 2 saturated heterocycles. The molecule has 1 unspecified atom stereocenters. The van der Waals surface area contributed by atoms with Crippen molar-refractivity contribution in [3.05, 3.63) is 12.2 Å². The van der Waals surface area contributed by atoms with Crippen LogP contribution in [0.4, 0.5) is 4.79 Å². The third-order valence-corrected chi connectivity index (χ3v) is 3.69. The van der Waals surface area contributed by atoms with Gasteiger partial charge in [0, 0.05) is 6.04 Å². The topological polar surface area (TPSA) is 55.8 Å². The summed E-state index contributed by atoms with van der Waals surface area (Å²) >= 11 is 0. The lowest BCUT2D eigenvalue weighted by Crippen LogP contribution is -2.63. The van der Waals surface area contributed by atoms with E-state index < -0.39 is 23.7 Å². The average Bonchev–Trinajstić information content (AvgIpc) is 2.23. The fraction of sp³-hybridized carbons (Fsp3) is 0.714. The molecule has 5 heteroatoms. The number of carbonyl (C=O) groups is 2. The summed E-state index contributed by atoms with van der Waals surface area (Å²) in [5.41, 5.74) is 0.180. The molecule has 2 aliphatic heterocycles. The number of piperidine rings is 2. The van der Waals surface area contributed by atoms with Crippen molar-refractivity contribution < 1.29 is 19.1 Å². The van der Waals surface area contributed by atoms with Crippen molar-refractivity contribution in [3.63, 3.8) is 0 Å². The summed E-state index contributed by atoms with van der Waals surface area (Å²) in [5.74, 6) is -0.113. The number of hydrogen-bond acceptors (Lipinski definition) is 4. The van der Waals surface area contributed by atoms with Crippen LogP contribution in [0.5, 0.6) is 0 Å². The Labute approximate surface area is 113 Å². The van der Waals surface area contributed by atoms with Crippen molar-refractivity contribution in [2.75, 3.05) is 7.11 Å². The van der Waals surface area contributed by atoms with E-state index in [-0.39, 0.29) is 6.04 Å². The molecule has 3 fully saturated rings. The lowest BCUT2D eigenvalue weighted by Gasteiger charge is -2.53. The van der Waals surface area contributed by atoms with Crippen LogP contribution in [0.1, 0.15) is 33.6 Å². The maximum Gasteiger partial charge on any atom is 0.411 e. The second-order valence-corrected chi connectivity index (χ2v) is 6.21. The predicted molar refractivity (Wildman–Crippen MR) is 69.5 cm³/mol. The first-order valence-electron chi connectivity index (χ1n) is 6.52. The normalized spacial score (nSPS) is 29.6. The Hall–Kier alpha value is -1.52. The smallest absolute Gasteiger partial charge is 0.411 e. The maximum atomic E-state index is 12.3. The number of nitrogens with zero attached hydrogens (tertiary/aromatic N) is 1. The van der Waals surface area contributed by atoms with E-state index in [9.17, 15) is 9.59 Å². The molecule has 1 aliphatic carbocycles. The van der Waals surface area contributed by atoms with Crippen molar-refractivity contribution in [1.82, 2.24) is 4.90 Å². The fourth-order valence-corrected chi connectivity index (χ4v) is 2.68. The summed E-state index contributed by atoms with van der Waals surface area (Å²) in [6, 6.07) is -0.633. The van der Waals surface area contributed by atoms with Crippen molar-refractivity contribution in [1.29, 1.82) is 0 Å². The average molecular weight is 267 g/mol. The van der Waals surface area contributed by atoms with Gasteiger partial charge in [-0.3, -0.25) is 4.90 Å². The first kappa shape index (κ1) is 13.9. The molecule has 1 saturated carbocycles. The van der Waals surface area contributed by atoms with E-state index in [1.54, 1.807) is 20.8 Å². The number of ether oxygens (including phenoxy) is 2. The zero-order chi connectivity index (χ0) is 14.4. The monoisotopic (exact) mass is 267 g/mol. The second-order valence-electron chi connectivity index (χ2n) is 6.21. The standard InChI is InChI=1S/C14H21NO4/c1-8-9-6-10(7-9)15(11(8)12(16)18-5)13(17)19-14(2,3)4/h9-11H,1,6-7H2,2-5H3. The number of rotatable bonds is 1. The molecular weight excluding hydrogens is 246 g/mol. The SMILES string of the molecule is C=C1C2CC(C2)N(C(=O)OC(C)(C)C)C1C(=O)OC. The maximum absolute atomic E-state index is 12.3. The molecule has 3 rings (SSSR count). The molecule has 3 aliphatic rings. The van der Waals surface area contributed by atoms with Gasteiger partial charge < -0.3 is 9.47 Å². The summed E-state index contributed by atoms with van der Waals surface area (Å²) in [6.07, 6.45) is 1.27. The van der Waals surface area contributed by atoms with Gasteiger partial charge in [-0.2, -0.15) is 0 Å². The van der Waals surface area contributed by atoms with Crippen LogP contribution in [0.15, 0.2) is 12.2 Å². The molecule has 0 N–H and O–H groups in total. The van der Waals surface area contributed by atoms with E-state index in [1.807, 2.05) is 0 Å². The number of methoxy groups -OCH3 is 1. The Morgan fingerprint density at radius 1 is 1.32 bits per heavy atom. The molecule has 0 aromatic heterocycles. The summed E-state index contributed by atoms with van der Waals surface area (Å²) in [4.78, 5) is 25.7. The van der Waals surface area contributed by atoms with Gasteiger partial charge in [0.05, 0.1) is 7.11 Å². The highest BCUT2D eigenvalue weighted by atomic mass is 16.6. The highest BCUT2D eigenvalue weighted by Gasteiger charge is 2.52. The minimum Gasteiger partial charge on any atom is -0.467 e. The number of hydrogen-bond donors (Lipinski definition) is 0. The van der Waals surface area contributed by atoms with E-state index in [1.165, 1.54) is 12.0 Å². The first-order chi connectivity index (χ1) is 8.74. The van der Waals surface area contributed by atoms with Gasteiger partial charge in [0.2, 0.25) is 0 Å². The molecule has 0 aromatic carbocycles. The van der Waals surface area contributed by atoms with Gasteiger partial charge in [0.1, 0.15) is 5.60 Å². The lowest BCUT2D eigenvalue weighted by atomic mass is 9.68. The zero-order valence-corrected chi connectivity index (χ0v) is 11.9. The molecule has 0 aromatic rings. The summed E-state index contributed by atoms with van der Waals surface area (Å²) in [5, 5.41) is 0. The quantitative estimate of drug-likeness (QED) is 0.539. The van der Waals surface area contributed by atoms with Crippen LogP contribution >= 0.6 is 0 Å². The van der Waals surface area contributed by atoms with Crippen LogP contribution in [-0.2, 0) is 14.3 Å². The van der Waals surface area contributed by atoms with Crippen molar-refractivity contribution in [2.24, 2.45) is 5.92 Å². The van der Waals surface area contributed by atoms with Crippen LogP contribution in [0.3, 0.4) is 0 Å². The van der Waals surface area contributed by atoms with Gasteiger partial charge >= 0.3 is 12.1 Å². The summed E-state index contributed by atoms with van der Waals surface area (Å²) in [7, 11) is 1.32. The molecule has 5 nitrogen and oxygen atoms in total. The van der Waals surface area contributed by atoms with Gasteiger partial charge in [-0.25, -0.2) is 9.59 Å². The van der Waals surface area contributed by atoms with Crippen LogP contribution < -0.4 is 0 Å². The minimum atomic E-state index is -0.697. The third kappa shape index (κ3) is 2.46. The van der Waals surface area contributed by atoms with E-state index in [2.05, 4.69) is 6.58 Å². The van der Waals surface area contributed by atoms with Crippen molar-refractivity contribution in [2.45, 2.75) is 51.3 Å². The minimum absolute atomic E-state index is 0.0643. The molecule has 19 heavy (non-hydrogen) atoms. The molecule has 106 valence electrons. The van der Waals surface area contributed by atoms with Crippen LogP contribution in [0.25, 0.3) is 0 Å². The van der Waals surface area contributed by atoms with Crippen molar-refractivity contribution in [3.8, 4) is 0 Å². The third-order valence-electron chi connectivity index (χ3n) is 3.69. The zero-order valence-electron chi connectivity index (χ0n) is 11.9. The van der Waals surface area contributed by atoms with E-state index >= 15 is 0 Å². The highest BCUT2D eigenvalue weighted by molar-refractivity contribution is 5.85. The molecule has 1 atom stereocenters. The molecule has 2 heterocycles. The van der Waals surface area contributed by atoms with Gasteiger partial charge in [-0.15, -0.1) is 0 Å². The van der Waals surface area contributed by atoms with Gasteiger partial charge in [0.15, 0.2) is 6.04 Å². The second kappa shape index (κ2) is 4.54. The van der Waals surface area contributed by atoms with Crippen LogP contribution in [-0.4, -0.2) is 41.8 Å². The van der Waals surface area contributed by atoms with E-state index in [4.69, 9.17) is 9.47 Å². The van der Waals surface area contributed by atoms with Crippen molar-refractivity contribution >= 4 is 12.1 Å². The first-order valence-corrected chi connectivity index (χ1v) is 6.52. The van der Waals surface area contributed by atoms with Crippen LogP contribution in [0.2, 0.25) is 0 Å². The largest absolute Gasteiger partial charge is 0.467 e. The number of carbonyl (C=O) groups excluding carboxylic acids is 2. The Kier molecular flexibility index (Phi) is 3.32. The fourth-order valence-electron chi connectivity index (χ4n) is 2.68. The molecule has 0 spiro atoms. The van der Waals surface area contributed by atoms with Gasteiger partial charge in [-0.05, 0) is 45.1 Å². The number of esters is 1. The molecule has 2 bridgehead atoms. The summed E-state index contributed by atoms with van der Waals surface area (Å²) in [6.45, 7) is 9.38. The predicted octanol–water partition coefficient (Wildman–Crippen LogP) is 2.11. The molecule has 0 radical (unpaired) electrons. The highest BCUT2D eigenvalue weighted by Crippen LogP contribution is 2.46. The van der Waals surface area contributed by atoms with E-state index in [0.29, 0.717) is 5.92 Å². The Morgan fingerprint density at radius 3 is 2.37 bits per heavy atom. The van der Waals surface area contributed by atoms with Crippen LogP contribution in [0, 0.1) is 5.92 Å². The Bertz CT molecular complexity index is 418. The number of fused-ring (bicyclic) bond motifs is 2. The van der Waals surface area contributed by atoms with Gasteiger partial charge in [0.25, 0.3) is 0 Å².